The van der Waals surface area contributed by atoms with Gasteiger partial charge in [-0.15, -0.1) is 0 Å². The van der Waals surface area contributed by atoms with Gasteiger partial charge in [0.2, 0.25) is 5.82 Å². The topological polar surface area (TPSA) is 62.2 Å². The van der Waals surface area contributed by atoms with Gasteiger partial charge >= 0.3 is 0 Å². The molecule has 0 N–H and O–H groups in total. The first kappa shape index (κ1) is 17.6. The lowest BCUT2D eigenvalue weighted by atomic mass is 10.1. The Morgan fingerprint density at radius 3 is 2.56 bits per heavy atom. The number of rotatable bonds is 4. The van der Waals surface area contributed by atoms with E-state index in [-0.39, 0.29) is 11.7 Å². The summed E-state index contributed by atoms with van der Waals surface area (Å²) in [6.07, 6.45) is 4.47. The van der Waals surface area contributed by atoms with E-state index in [2.05, 4.69) is 34.8 Å². The van der Waals surface area contributed by atoms with Crippen molar-refractivity contribution in [3.8, 4) is 0 Å². The molecule has 0 saturated carbocycles. The molecule has 6 nitrogen and oxygen atoms in total. The number of pyridine rings is 1. The van der Waals surface area contributed by atoms with Crippen molar-refractivity contribution in [3.05, 3.63) is 23.1 Å². The van der Waals surface area contributed by atoms with Gasteiger partial charge in [0.05, 0.1) is 5.39 Å². The van der Waals surface area contributed by atoms with E-state index in [1.54, 1.807) is 11.9 Å². The lowest BCUT2D eigenvalue weighted by Gasteiger charge is -2.29. The van der Waals surface area contributed by atoms with Crippen LogP contribution >= 0.6 is 0 Å². The van der Waals surface area contributed by atoms with E-state index in [4.69, 9.17) is 4.98 Å². The number of fused-ring (bicyclic) bond motifs is 1. The van der Waals surface area contributed by atoms with Gasteiger partial charge in [0.1, 0.15) is 5.82 Å². The van der Waals surface area contributed by atoms with Crippen molar-refractivity contribution >= 4 is 22.8 Å². The fraction of sp³-hybridized carbons (Fsp3) is 0.579. The molecule has 0 aromatic carbocycles. The van der Waals surface area contributed by atoms with Crippen molar-refractivity contribution in [1.29, 1.82) is 0 Å². The standard InChI is InChI=1S/C19H27N5O/c1-5-9-23(4)19(25)17-21-16-15(13(2)12-14(3)20-16)18(22-17)24-10-7-6-8-11-24/h12H,5-11H2,1-4H3. The number of anilines is 1. The van der Waals surface area contributed by atoms with Gasteiger partial charge in [-0.05, 0) is 51.2 Å². The van der Waals surface area contributed by atoms with Crippen LogP contribution in [0.5, 0.6) is 0 Å². The third-order valence-electron chi connectivity index (χ3n) is 4.73. The van der Waals surface area contributed by atoms with E-state index < -0.39 is 0 Å². The lowest BCUT2D eigenvalue weighted by Crippen LogP contribution is -2.33. The Labute approximate surface area is 149 Å². The number of piperidine rings is 1. The summed E-state index contributed by atoms with van der Waals surface area (Å²) in [5, 5.41) is 0.974. The van der Waals surface area contributed by atoms with E-state index in [1.807, 2.05) is 6.92 Å². The molecule has 1 saturated heterocycles. The summed E-state index contributed by atoms with van der Waals surface area (Å²) in [4.78, 5) is 30.5. The monoisotopic (exact) mass is 341 g/mol. The maximum atomic E-state index is 12.7. The van der Waals surface area contributed by atoms with Gasteiger partial charge in [0, 0.05) is 32.4 Å². The second kappa shape index (κ2) is 7.33. The normalized spacial score (nSPS) is 14.8. The Morgan fingerprint density at radius 2 is 1.88 bits per heavy atom. The summed E-state index contributed by atoms with van der Waals surface area (Å²) in [6, 6.07) is 2.06. The summed E-state index contributed by atoms with van der Waals surface area (Å²) >= 11 is 0. The molecule has 0 bridgehead atoms. The molecule has 2 aromatic rings. The fourth-order valence-corrected chi connectivity index (χ4v) is 3.49. The first-order valence-corrected chi connectivity index (χ1v) is 9.17. The van der Waals surface area contributed by atoms with E-state index >= 15 is 0 Å². The summed E-state index contributed by atoms with van der Waals surface area (Å²) in [5.74, 6) is 0.979. The number of aryl methyl sites for hydroxylation is 2. The molecule has 0 radical (unpaired) electrons. The predicted molar refractivity (Wildman–Crippen MR) is 100 cm³/mol. The summed E-state index contributed by atoms with van der Waals surface area (Å²) in [6.45, 7) is 8.71. The lowest BCUT2D eigenvalue weighted by molar-refractivity contribution is 0.0783. The highest BCUT2D eigenvalue weighted by molar-refractivity contribution is 5.96. The largest absolute Gasteiger partial charge is 0.356 e. The summed E-state index contributed by atoms with van der Waals surface area (Å²) < 4.78 is 0. The van der Waals surface area contributed by atoms with Crippen LogP contribution in [0.25, 0.3) is 11.0 Å². The minimum absolute atomic E-state index is 0.136. The van der Waals surface area contributed by atoms with Crippen LogP contribution in [0.3, 0.4) is 0 Å². The summed E-state index contributed by atoms with van der Waals surface area (Å²) in [7, 11) is 1.80. The highest BCUT2D eigenvalue weighted by atomic mass is 16.2. The number of aromatic nitrogens is 3. The Morgan fingerprint density at radius 1 is 1.16 bits per heavy atom. The Hall–Kier alpha value is -2.24. The number of carbonyl (C=O) groups is 1. The van der Waals surface area contributed by atoms with Crippen LogP contribution in [-0.2, 0) is 0 Å². The van der Waals surface area contributed by atoms with Gasteiger partial charge < -0.3 is 9.80 Å². The molecule has 2 aromatic heterocycles. The number of carbonyl (C=O) groups excluding carboxylic acids is 1. The van der Waals surface area contributed by atoms with Crippen molar-refractivity contribution in [2.75, 3.05) is 31.6 Å². The molecule has 3 rings (SSSR count). The molecule has 6 heteroatoms. The minimum atomic E-state index is -0.136. The zero-order chi connectivity index (χ0) is 18.0. The quantitative estimate of drug-likeness (QED) is 0.855. The maximum Gasteiger partial charge on any atom is 0.291 e. The van der Waals surface area contributed by atoms with Gasteiger partial charge in [0.25, 0.3) is 5.91 Å². The van der Waals surface area contributed by atoms with Gasteiger partial charge in [-0.1, -0.05) is 6.92 Å². The molecule has 1 amide bonds. The van der Waals surface area contributed by atoms with Crippen molar-refractivity contribution in [3.63, 3.8) is 0 Å². The smallest absolute Gasteiger partial charge is 0.291 e. The van der Waals surface area contributed by atoms with E-state index in [9.17, 15) is 4.79 Å². The first-order chi connectivity index (χ1) is 12.0. The molecule has 1 aliphatic heterocycles. The van der Waals surface area contributed by atoms with Crippen LogP contribution in [0.4, 0.5) is 5.82 Å². The average molecular weight is 341 g/mol. The summed E-state index contributed by atoms with van der Waals surface area (Å²) in [5.41, 5.74) is 2.65. The van der Waals surface area contributed by atoms with Crippen LogP contribution in [-0.4, -0.2) is 52.4 Å². The maximum absolute atomic E-state index is 12.7. The highest BCUT2D eigenvalue weighted by Gasteiger charge is 2.23. The Balaban J connectivity index is 2.14. The van der Waals surface area contributed by atoms with E-state index in [0.29, 0.717) is 12.2 Å². The molecular formula is C19H27N5O. The first-order valence-electron chi connectivity index (χ1n) is 9.17. The zero-order valence-electron chi connectivity index (χ0n) is 15.7. The Bertz CT molecular complexity index is 783. The molecule has 134 valence electrons. The molecule has 1 fully saturated rings. The second-order valence-corrected chi connectivity index (χ2v) is 6.92. The zero-order valence-corrected chi connectivity index (χ0v) is 15.7. The molecule has 3 heterocycles. The Kier molecular flexibility index (Phi) is 5.16. The molecule has 1 aliphatic rings. The number of amides is 1. The van der Waals surface area contributed by atoms with Crippen LogP contribution in [0, 0.1) is 13.8 Å². The minimum Gasteiger partial charge on any atom is -0.356 e. The molecular weight excluding hydrogens is 314 g/mol. The van der Waals surface area contributed by atoms with Crippen molar-refractivity contribution in [2.45, 2.75) is 46.5 Å². The third kappa shape index (κ3) is 3.57. The van der Waals surface area contributed by atoms with E-state index in [1.165, 1.54) is 6.42 Å². The molecule has 0 atom stereocenters. The van der Waals surface area contributed by atoms with Gasteiger partial charge in [-0.25, -0.2) is 15.0 Å². The highest BCUT2D eigenvalue weighted by Crippen LogP contribution is 2.29. The van der Waals surface area contributed by atoms with Gasteiger partial charge in [0.15, 0.2) is 5.65 Å². The SMILES string of the molecule is CCCN(C)C(=O)c1nc(N2CCCCC2)c2c(C)cc(C)nc2n1. The van der Waals surface area contributed by atoms with Crippen molar-refractivity contribution in [1.82, 2.24) is 19.9 Å². The second-order valence-electron chi connectivity index (χ2n) is 6.92. The number of hydrogen-bond acceptors (Lipinski definition) is 5. The predicted octanol–water partition coefficient (Wildman–Crippen LogP) is 3.11. The number of nitrogens with zero attached hydrogens (tertiary/aromatic N) is 5. The van der Waals surface area contributed by atoms with Crippen LogP contribution in [0.1, 0.15) is 54.5 Å². The fourth-order valence-electron chi connectivity index (χ4n) is 3.49. The van der Waals surface area contributed by atoms with Gasteiger partial charge in [-0.2, -0.15) is 0 Å². The van der Waals surface area contributed by atoms with Gasteiger partial charge in [-0.3, -0.25) is 4.79 Å². The van der Waals surface area contributed by atoms with Crippen LogP contribution in [0.2, 0.25) is 0 Å². The molecule has 0 spiro atoms. The molecule has 0 unspecified atom stereocenters. The average Bonchev–Trinajstić information content (AvgIpc) is 2.60. The molecule has 25 heavy (non-hydrogen) atoms. The van der Waals surface area contributed by atoms with Crippen LogP contribution in [0.15, 0.2) is 6.07 Å². The van der Waals surface area contributed by atoms with Crippen molar-refractivity contribution < 1.29 is 4.79 Å². The van der Waals surface area contributed by atoms with Crippen molar-refractivity contribution in [2.24, 2.45) is 0 Å². The molecule has 0 aliphatic carbocycles. The van der Waals surface area contributed by atoms with Crippen LogP contribution < -0.4 is 4.90 Å². The number of hydrogen-bond donors (Lipinski definition) is 0. The third-order valence-corrected chi connectivity index (χ3v) is 4.73. The van der Waals surface area contributed by atoms with E-state index in [0.717, 1.165) is 54.8 Å².